The van der Waals surface area contributed by atoms with Gasteiger partial charge in [0.25, 0.3) is 0 Å². The van der Waals surface area contributed by atoms with E-state index in [0.29, 0.717) is 0 Å². The van der Waals surface area contributed by atoms with Crippen LogP contribution in [-0.2, 0) is 5.75 Å². The predicted molar refractivity (Wildman–Crippen MR) is 75.0 cm³/mol. The van der Waals surface area contributed by atoms with Crippen molar-refractivity contribution in [2.45, 2.75) is 26.5 Å². The van der Waals surface area contributed by atoms with Gasteiger partial charge in [-0.05, 0) is 37.2 Å². The van der Waals surface area contributed by atoms with Gasteiger partial charge in [0.2, 0.25) is 0 Å². The van der Waals surface area contributed by atoms with Crippen LogP contribution in [0.4, 0.5) is 0 Å². The summed E-state index contributed by atoms with van der Waals surface area (Å²) in [6.07, 6.45) is 0. The Balaban J connectivity index is 2.20. The van der Waals surface area contributed by atoms with Gasteiger partial charge in [-0.1, -0.05) is 43.7 Å². The molecule has 1 unspecified atom stereocenters. The molecule has 16 heavy (non-hydrogen) atoms. The maximum atomic E-state index is 3.39. The van der Waals surface area contributed by atoms with E-state index in [1.54, 1.807) is 0 Å². The summed E-state index contributed by atoms with van der Waals surface area (Å²) in [5, 5.41) is 3.39. The van der Waals surface area contributed by atoms with Gasteiger partial charge >= 0.3 is 0 Å². The Labute approximate surface area is 104 Å². The normalized spacial score (nSPS) is 12.7. The van der Waals surface area contributed by atoms with Gasteiger partial charge in [0.05, 0.1) is 0 Å². The van der Waals surface area contributed by atoms with Gasteiger partial charge in [0.1, 0.15) is 0 Å². The zero-order chi connectivity index (χ0) is 11.8. The fourth-order valence-corrected chi connectivity index (χ4v) is 2.68. The van der Waals surface area contributed by atoms with Crippen molar-refractivity contribution in [3.05, 3.63) is 35.4 Å². The minimum absolute atomic E-state index is 0.759. The lowest BCUT2D eigenvalue weighted by atomic mass is 10.2. The first kappa shape index (κ1) is 13.6. The number of aryl methyl sites for hydroxylation is 1. The molecule has 1 rings (SSSR count). The molecule has 0 radical (unpaired) electrons. The largest absolute Gasteiger partial charge is 0.317 e. The molecule has 0 aliphatic carbocycles. The average Bonchev–Trinajstić information content (AvgIpc) is 2.26. The van der Waals surface area contributed by atoms with Crippen LogP contribution in [0.3, 0.4) is 0 Å². The highest BCUT2D eigenvalue weighted by Crippen LogP contribution is 2.16. The molecular weight excluding hydrogens is 214 g/mol. The van der Waals surface area contributed by atoms with Gasteiger partial charge in [-0.2, -0.15) is 11.8 Å². The third kappa shape index (κ3) is 5.57. The van der Waals surface area contributed by atoms with Crippen LogP contribution in [0.15, 0.2) is 24.3 Å². The van der Waals surface area contributed by atoms with E-state index >= 15 is 0 Å². The standard InChI is InChI=1S/C14H23NS/c1-4-15-9-13(3)10-16-11-14-7-5-6-12(2)8-14/h5-8,13,15H,4,9-11H2,1-3H3. The molecule has 1 aromatic carbocycles. The topological polar surface area (TPSA) is 12.0 Å². The van der Waals surface area contributed by atoms with Crippen molar-refractivity contribution in [3.8, 4) is 0 Å². The molecule has 0 saturated carbocycles. The molecule has 90 valence electrons. The Morgan fingerprint density at radius 3 is 2.88 bits per heavy atom. The van der Waals surface area contributed by atoms with E-state index in [2.05, 4.69) is 50.4 Å². The number of thioether (sulfide) groups is 1. The maximum absolute atomic E-state index is 3.39. The van der Waals surface area contributed by atoms with Crippen LogP contribution in [0, 0.1) is 12.8 Å². The third-order valence-electron chi connectivity index (χ3n) is 2.50. The molecule has 0 amide bonds. The molecule has 1 N–H and O–H groups in total. The lowest BCUT2D eigenvalue weighted by Crippen LogP contribution is -2.21. The van der Waals surface area contributed by atoms with Gasteiger partial charge in [-0.3, -0.25) is 0 Å². The Morgan fingerprint density at radius 2 is 2.19 bits per heavy atom. The first-order valence-corrected chi connectivity index (χ1v) is 7.22. The Bertz CT molecular complexity index is 299. The van der Waals surface area contributed by atoms with Crippen molar-refractivity contribution in [1.29, 1.82) is 0 Å². The van der Waals surface area contributed by atoms with Crippen molar-refractivity contribution in [3.63, 3.8) is 0 Å². The van der Waals surface area contributed by atoms with Gasteiger partial charge in [0, 0.05) is 5.75 Å². The summed E-state index contributed by atoms with van der Waals surface area (Å²) in [6.45, 7) is 8.84. The van der Waals surface area contributed by atoms with E-state index in [4.69, 9.17) is 0 Å². The van der Waals surface area contributed by atoms with E-state index in [-0.39, 0.29) is 0 Å². The summed E-state index contributed by atoms with van der Waals surface area (Å²) >= 11 is 2.03. The predicted octanol–water partition coefficient (Wildman–Crippen LogP) is 3.47. The molecule has 0 fully saturated rings. The van der Waals surface area contributed by atoms with E-state index in [9.17, 15) is 0 Å². The molecular formula is C14H23NS. The highest BCUT2D eigenvalue weighted by Gasteiger charge is 2.01. The highest BCUT2D eigenvalue weighted by molar-refractivity contribution is 7.98. The van der Waals surface area contributed by atoms with Gasteiger partial charge in [-0.15, -0.1) is 0 Å². The van der Waals surface area contributed by atoms with Crippen LogP contribution in [0.25, 0.3) is 0 Å². The second-order valence-electron chi connectivity index (χ2n) is 4.42. The van der Waals surface area contributed by atoms with Crippen LogP contribution in [0.2, 0.25) is 0 Å². The number of nitrogens with one attached hydrogen (secondary N) is 1. The van der Waals surface area contributed by atoms with Crippen LogP contribution < -0.4 is 5.32 Å². The molecule has 0 saturated heterocycles. The van der Waals surface area contributed by atoms with Crippen molar-refractivity contribution in [1.82, 2.24) is 5.32 Å². The quantitative estimate of drug-likeness (QED) is 0.779. The zero-order valence-corrected chi connectivity index (χ0v) is 11.4. The molecule has 0 bridgehead atoms. The molecule has 1 nitrogen and oxygen atoms in total. The van der Waals surface area contributed by atoms with Crippen molar-refractivity contribution in [2.24, 2.45) is 5.92 Å². The van der Waals surface area contributed by atoms with Crippen molar-refractivity contribution < 1.29 is 0 Å². The van der Waals surface area contributed by atoms with E-state index < -0.39 is 0 Å². The average molecular weight is 237 g/mol. The number of hydrogen-bond acceptors (Lipinski definition) is 2. The maximum Gasteiger partial charge on any atom is 0.0184 e. The van der Waals surface area contributed by atoms with Crippen LogP contribution >= 0.6 is 11.8 Å². The number of benzene rings is 1. The molecule has 0 aromatic heterocycles. The Morgan fingerprint density at radius 1 is 1.38 bits per heavy atom. The SMILES string of the molecule is CCNCC(C)CSCc1cccc(C)c1. The van der Waals surface area contributed by atoms with Crippen LogP contribution in [0.5, 0.6) is 0 Å². The highest BCUT2D eigenvalue weighted by atomic mass is 32.2. The minimum Gasteiger partial charge on any atom is -0.317 e. The van der Waals surface area contributed by atoms with E-state index in [1.165, 1.54) is 16.9 Å². The van der Waals surface area contributed by atoms with Gasteiger partial charge in [0.15, 0.2) is 0 Å². The summed E-state index contributed by atoms with van der Waals surface area (Å²) in [7, 11) is 0. The van der Waals surface area contributed by atoms with Crippen LogP contribution in [0.1, 0.15) is 25.0 Å². The number of hydrogen-bond donors (Lipinski definition) is 1. The molecule has 0 heterocycles. The first-order chi connectivity index (χ1) is 7.72. The molecule has 2 heteroatoms. The molecule has 1 atom stereocenters. The fourth-order valence-electron chi connectivity index (χ4n) is 1.63. The summed E-state index contributed by atoms with van der Waals surface area (Å²) in [5.41, 5.74) is 2.81. The fraction of sp³-hybridized carbons (Fsp3) is 0.571. The smallest absolute Gasteiger partial charge is 0.0184 e. The second kappa shape index (κ2) is 7.75. The van der Waals surface area contributed by atoms with Crippen LogP contribution in [-0.4, -0.2) is 18.8 Å². The molecule has 1 aromatic rings. The third-order valence-corrected chi connectivity index (χ3v) is 3.84. The molecule has 0 aliphatic rings. The monoisotopic (exact) mass is 237 g/mol. The van der Waals surface area contributed by atoms with E-state index in [1.807, 2.05) is 11.8 Å². The Kier molecular flexibility index (Phi) is 6.58. The van der Waals surface area contributed by atoms with Crippen molar-refractivity contribution in [2.75, 3.05) is 18.8 Å². The summed E-state index contributed by atoms with van der Waals surface area (Å²) in [5.74, 6) is 3.13. The second-order valence-corrected chi connectivity index (χ2v) is 5.45. The summed E-state index contributed by atoms with van der Waals surface area (Å²) < 4.78 is 0. The van der Waals surface area contributed by atoms with Gasteiger partial charge in [-0.25, -0.2) is 0 Å². The molecule has 0 spiro atoms. The van der Waals surface area contributed by atoms with Crippen molar-refractivity contribution >= 4 is 11.8 Å². The van der Waals surface area contributed by atoms with Gasteiger partial charge < -0.3 is 5.32 Å². The van der Waals surface area contributed by atoms with E-state index in [0.717, 1.165) is 24.8 Å². The lowest BCUT2D eigenvalue weighted by molar-refractivity contribution is 0.574. The summed E-state index contributed by atoms with van der Waals surface area (Å²) in [4.78, 5) is 0. The number of rotatable bonds is 7. The zero-order valence-electron chi connectivity index (χ0n) is 10.6. The Hall–Kier alpha value is -0.470. The summed E-state index contributed by atoms with van der Waals surface area (Å²) in [6, 6.07) is 8.80. The lowest BCUT2D eigenvalue weighted by Gasteiger charge is -2.11. The first-order valence-electron chi connectivity index (χ1n) is 6.06. The molecule has 0 aliphatic heterocycles. The minimum atomic E-state index is 0.759.